The van der Waals surface area contributed by atoms with Gasteiger partial charge in [-0.05, 0) is 12.8 Å². The van der Waals surface area contributed by atoms with Gasteiger partial charge in [-0.2, -0.15) is 0 Å². The molecule has 1 saturated carbocycles. The van der Waals surface area contributed by atoms with Gasteiger partial charge < -0.3 is 5.73 Å². The van der Waals surface area contributed by atoms with Crippen molar-refractivity contribution in [2.24, 2.45) is 5.73 Å². The van der Waals surface area contributed by atoms with E-state index in [-0.39, 0.29) is 6.04 Å². The lowest BCUT2D eigenvalue weighted by Gasteiger charge is -2.26. The highest BCUT2D eigenvalue weighted by Gasteiger charge is 2.19. The summed E-state index contributed by atoms with van der Waals surface area (Å²) >= 11 is 4.11. The largest absolute Gasteiger partial charge is 0.351 e. The minimum absolute atomic E-state index is 0.251. The van der Waals surface area contributed by atoms with Crippen LogP contribution in [-0.4, -0.2) is 16.4 Å². The fraction of sp³-hybridized carbons (Fsp3) is 0.889. The van der Waals surface area contributed by atoms with Crippen molar-refractivity contribution in [2.75, 3.05) is 0 Å². The Hall–Kier alpha value is -0.380. The minimum atomic E-state index is -0.422. The van der Waals surface area contributed by atoms with Crippen molar-refractivity contribution in [3.05, 3.63) is 0 Å². The van der Waals surface area contributed by atoms with Gasteiger partial charge in [-0.1, -0.05) is 44.9 Å². The molecule has 0 unspecified atom stereocenters. The Bertz CT molecular complexity index is 167. The second kappa shape index (κ2) is 5.37. The molecule has 0 bridgehead atoms. The smallest absolute Gasteiger partial charge is 0.324 e. The van der Waals surface area contributed by atoms with Crippen molar-refractivity contribution < 1.29 is 4.79 Å². The molecule has 3 nitrogen and oxygen atoms in total. The molecule has 0 heterocycles. The van der Waals surface area contributed by atoms with E-state index in [4.69, 9.17) is 5.73 Å². The summed E-state index contributed by atoms with van der Waals surface area (Å²) in [4.78, 5) is 10.9. The van der Waals surface area contributed by atoms with Crippen LogP contribution in [0.3, 0.4) is 0 Å². The molecule has 0 atom stereocenters. The summed E-state index contributed by atoms with van der Waals surface area (Å²) in [7, 11) is 0. The molecule has 0 aromatic heterocycles. The van der Waals surface area contributed by atoms with Crippen molar-refractivity contribution in [1.29, 1.82) is 0 Å². The molecule has 0 aliphatic heterocycles. The first-order valence-electron chi connectivity index (χ1n) is 4.99. The highest BCUT2D eigenvalue weighted by Crippen LogP contribution is 2.22. The van der Waals surface area contributed by atoms with E-state index >= 15 is 0 Å². The molecule has 0 spiro atoms. The Labute approximate surface area is 85.2 Å². The predicted octanol–water partition coefficient (Wildman–Crippen LogP) is 2.32. The Morgan fingerprint density at radius 1 is 1.15 bits per heavy atom. The number of hydrogen-bond acceptors (Lipinski definition) is 2. The molecule has 1 aliphatic carbocycles. The number of urea groups is 1. The number of carbonyl (C=O) groups excluding carboxylic acids is 1. The number of carbonyl (C=O) groups is 1. The minimum Gasteiger partial charge on any atom is -0.351 e. The van der Waals surface area contributed by atoms with Crippen molar-refractivity contribution in [3.63, 3.8) is 0 Å². The summed E-state index contributed by atoms with van der Waals surface area (Å²) in [5.41, 5.74) is 5.17. The number of nitrogens with zero attached hydrogens (tertiary/aromatic N) is 1. The molecule has 4 heteroatoms. The standard InChI is InChI=1S/C9H18N2OS/c10-9(12)11(13)8-6-4-2-1-3-5-7-8/h8,13H,1-7H2,(H2,10,12). The van der Waals surface area contributed by atoms with Gasteiger partial charge in [0.1, 0.15) is 0 Å². The van der Waals surface area contributed by atoms with Crippen LogP contribution in [-0.2, 0) is 0 Å². The molecule has 13 heavy (non-hydrogen) atoms. The van der Waals surface area contributed by atoms with Gasteiger partial charge in [0.2, 0.25) is 0 Å². The number of amides is 2. The van der Waals surface area contributed by atoms with Crippen LogP contribution >= 0.6 is 12.8 Å². The Morgan fingerprint density at radius 3 is 2.08 bits per heavy atom. The summed E-state index contributed by atoms with van der Waals surface area (Å²) in [6.07, 6.45) is 8.35. The van der Waals surface area contributed by atoms with Crippen LogP contribution in [0.2, 0.25) is 0 Å². The third-order valence-corrected chi connectivity index (χ3v) is 3.17. The summed E-state index contributed by atoms with van der Waals surface area (Å²) in [6, 6.07) is -0.171. The van der Waals surface area contributed by atoms with Crippen molar-refractivity contribution in [1.82, 2.24) is 4.31 Å². The third-order valence-electron chi connectivity index (χ3n) is 2.65. The topological polar surface area (TPSA) is 46.3 Å². The zero-order valence-corrected chi connectivity index (χ0v) is 8.80. The fourth-order valence-corrected chi connectivity index (χ4v) is 2.09. The summed E-state index contributed by atoms with van der Waals surface area (Å²) in [5, 5.41) is 0. The molecule has 1 rings (SSSR count). The molecule has 0 aromatic carbocycles. The van der Waals surface area contributed by atoms with Gasteiger partial charge >= 0.3 is 6.03 Å². The first kappa shape index (κ1) is 10.7. The van der Waals surface area contributed by atoms with E-state index in [9.17, 15) is 4.79 Å². The van der Waals surface area contributed by atoms with Crippen LogP contribution in [0.25, 0.3) is 0 Å². The Balaban J connectivity index is 2.40. The molecular formula is C9H18N2OS. The number of nitrogens with two attached hydrogens (primary N) is 1. The van der Waals surface area contributed by atoms with Crippen molar-refractivity contribution >= 4 is 18.8 Å². The van der Waals surface area contributed by atoms with Gasteiger partial charge in [-0.15, -0.1) is 0 Å². The lowest BCUT2D eigenvalue weighted by atomic mass is 9.97. The van der Waals surface area contributed by atoms with Crippen LogP contribution < -0.4 is 5.73 Å². The van der Waals surface area contributed by atoms with E-state index < -0.39 is 6.03 Å². The third kappa shape index (κ3) is 3.46. The molecule has 2 N–H and O–H groups in total. The van der Waals surface area contributed by atoms with Gasteiger partial charge in [-0.25, -0.2) is 4.79 Å². The van der Waals surface area contributed by atoms with E-state index in [1.165, 1.54) is 36.4 Å². The molecule has 1 fully saturated rings. The van der Waals surface area contributed by atoms with Crippen LogP contribution in [0, 0.1) is 0 Å². The molecule has 0 aromatic rings. The quantitative estimate of drug-likeness (QED) is 0.630. The molecule has 1 aliphatic rings. The monoisotopic (exact) mass is 202 g/mol. The van der Waals surface area contributed by atoms with Crippen molar-refractivity contribution in [2.45, 2.75) is 51.0 Å². The first-order valence-corrected chi connectivity index (χ1v) is 5.39. The molecule has 0 saturated heterocycles. The van der Waals surface area contributed by atoms with Gasteiger partial charge in [0.15, 0.2) is 0 Å². The van der Waals surface area contributed by atoms with E-state index in [1.807, 2.05) is 0 Å². The average molecular weight is 202 g/mol. The van der Waals surface area contributed by atoms with Crippen molar-refractivity contribution in [3.8, 4) is 0 Å². The number of primary amides is 1. The zero-order chi connectivity index (χ0) is 9.68. The molecule has 0 radical (unpaired) electrons. The van der Waals surface area contributed by atoms with Crippen LogP contribution in [0.15, 0.2) is 0 Å². The normalized spacial score (nSPS) is 20.4. The maximum atomic E-state index is 10.9. The summed E-state index contributed by atoms with van der Waals surface area (Å²) in [6.45, 7) is 0. The van der Waals surface area contributed by atoms with Crippen LogP contribution in [0.4, 0.5) is 4.79 Å². The fourth-order valence-electron chi connectivity index (χ4n) is 1.86. The average Bonchev–Trinajstić information content (AvgIpc) is 2.02. The van der Waals surface area contributed by atoms with E-state index in [1.54, 1.807) is 0 Å². The van der Waals surface area contributed by atoms with E-state index in [0.29, 0.717) is 0 Å². The first-order chi connectivity index (χ1) is 6.22. The van der Waals surface area contributed by atoms with Gasteiger partial charge in [0.05, 0.1) is 0 Å². The lowest BCUT2D eigenvalue weighted by Crippen LogP contribution is -2.37. The zero-order valence-electron chi connectivity index (χ0n) is 7.91. The molecular weight excluding hydrogens is 184 g/mol. The van der Waals surface area contributed by atoms with E-state index in [2.05, 4.69) is 12.8 Å². The van der Waals surface area contributed by atoms with Gasteiger partial charge in [0.25, 0.3) is 0 Å². The summed E-state index contributed by atoms with van der Waals surface area (Å²) in [5.74, 6) is 0. The predicted molar refractivity (Wildman–Crippen MR) is 56.5 cm³/mol. The van der Waals surface area contributed by atoms with Gasteiger partial charge in [-0.3, -0.25) is 4.31 Å². The number of thiol groups is 1. The Kier molecular flexibility index (Phi) is 4.42. The molecule has 2 amide bonds. The lowest BCUT2D eigenvalue weighted by molar-refractivity contribution is 0.218. The highest BCUT2D eigenvalue weighted by molar-refractivity contribution is 7.78. The number of hydrogen-bond donors (Lipinski definition) is 2. The second-order valence-corrected chi connectivity index (χ2v) is 4.11. The number of rotatable bonds is 1. The van der Waals surface area contributed by atoms with Crippen LogP contribution in [0.5, 0.6) is 0 Å². The maximum absolute atomic E-state index is 10.9. The molecule has 76 valence electrons. The SMILES string of the molecule is NC(=O)N(S)C1CCCCCCC1. The van der Waals surface area contributed by atoms with E-state index in [0.717, 1.165) is 12.8 Å². The Morgan fingerprint density at radius 2 is 1.62 bits per heavy atom. The highest BCUT2D eigenvalue weighted by atomic mass is 32.1. The second-order valence-electron chi connectivity index (χ2n) is 3.68. The van der Waals surface area contributed by atoms with Crippen LogP contribution in [0.1, 0.15) is 44.9 Å². The summed E-state index contributed by atoms with van der Waals surface area (Å²) < 4.78 is 1.39. The maximum Gasteiger partial charge on any atom is 0.324 e. The van der Waals surface area contributed by atoms with Gasteiger partial charge in [0, 0.05) is 6.04 Å².